The first-order chi connectivity index (χ1) is 13.6. The number of aromatic nitrogens is 2. The molecule has 4 rings (SSSR count). The predicted molar refractivity (Wildman–Crippen MR) is 114 cm³/mol. The minimum absolute atomic E-state index is 0.437. The lowest BCUT2D eigenvalue weighted by molar-refractivity contribution is 0.483. The van der Waals surface area contributed by atoms with E-state index in [1.807, 2.05) is 24.3 Å². The highest BCUT2D eigenvalue weighted by Crippen LogP contribution is 2.36. The van der Waals surface area contributed by atoms with Crippen LogP contribution in [0.3, 0.4) is 0 Å². The van der Waals surface area contributed by atoms with Crippen molar-refractivity contribution in [3.05, 3.63) is 82.6 Å². The van der Waals surface area contributed by atoms with E-state index in [2.05, 4.69) is 21.2 Å². The van der Waals surface area contributed by atoms with Crippen LogP contribution in [0.25, 0.3) is 10.9 Å². The number of terminal acetylenes is 1. The van der Waals surface area contributed by atoms with E-state index in [0.29, 0.717) is 32.9 Å². The Hall–Kier alpha value is -3.26. The molecule has 6 heteroatoms. The van der Waals surface area contributed by atoms with E-state index in [9.17, 15) is 0 Å². The summed E-state index contributed by atoms with van der Waals surface area (Å²) in [5.41, 5.74) is 2.29. The minimum atomic E-state index is 0.437. The van der Waals surface area contributed by atoms with Crippen molar-refractivity contribution in [2.45, 2.75) is 0 Å². The molecule has 0 amide bonds. The van der Waals surface area contributed by atoms with Gasteiger partial charge in [-0.3, -0.25) is 0 Å². The predicted octanol–water partition coefficient (Wildman–Crippen LogP) is 6.45. The highest BCUT2D eigenvalue weighted by molar-refractivity contribution is 6.33. The standard InChI is InChI=1S/C22H13Cl2N3O/c1-2-14-5-3-7-16(9-14)27-22-18-11-21(19(24)12-20(18)25-13-26-22)28-17-8-4-6-15(23)10-17/h1,3-13H,(H,25,26,27). The Morgan fingerprint density at radius 3 is 2.64 bits per heavy atom. The molecule has 136 valence electrons. The van der Waals surface area contributed by atoms with Crippen LogP contribution < -0.4 is 10.1 Å². The molecule has 1 N–H and O–H groups in total. The molecule has 0 spiro atoms. The molecule has 0 saturated heterocycles. The summed E-state index contributed by atoms with van der Waals surface area (Å²) in [6, 6.07) is 18.2. The first-order valence-electron chi connectivity index (χ1n) is 8.34. The summed E-state index contributed by atoms with van der Waals surface area (Å²) >= 11 is 12.4. The minimum Gasteiger partial charge on any atom is -0.456 e. The molecule has 0 atom stereocenters. The van der Waals surface area contributed by atoms with Crippen LogP contribution in [0, 0.1) is 12.3 Å². The van der Waals surface area contributed by atoms with Crippen molar-refractivity contribution in [3.63, 3.8) is 0 Å². The fourth-order valence-electron chi connectivity index (χ4n) is 2.72. The Bertz CT molecular complexity index is 1220. The number of ether oxygens (including phenoxy) is 1. The van der Waals surface area contributed by atoms with Gasteiger partial charge in [-0.1, -0.05) is 41.3 Å². The van der Waals surface area contributed by atoms with E-state index in [-0.39, 0.29) is 0 Å². The second kappa shape index (κ2) is 7.77. The number of nitrogens with one attached hydrogen (secondary N) is 1. The number of rotatable bonds is 4. The molecule has 4 nitrogen and oxygen atoms in total. The Balaban J connectivity index is 1.74. The highest BCUT2D eigenvalue weighted by Gasteiger charge is 2.11. The summed E-state index contributed by atoms with van der Waals surface area (Å²) in [6.07, 6.45) is 6.95. The van der Waals surface area contributed by atoms with Crippen LogP contribution in [0.4, 0.5) is 11.5 Å². The largest absolute Gasteiger partial charge is 0.456 e. The number of nitrogens with zero attached hydrogens (tertiary/aromatic N) is 2. The van der Waals surface area contributed by atoms with Gasteiger partial charge in [0, 0.05) is 21.7 Å². The molecule has 0 fully saturated rings. The fraction of sp³-hybridized carbons (Fsp3) is 0. The Morgan fingerprint density at radius 1 is 0.964 bits per heavy atom. The molecule has 1 heterocycles. The molecule has 0 aliphatic carbocycles. The molecule has 28 heavy (non-hydrogen) atoms. The molecular formula is C22H13Cl2N3O. The van der Waals surface area contributed by atoms with E-state index < -0.39 is 0 Å². The number of fused-ring (bicyclic) bond motifs is 1. The van der Waals surface area contributed by atoms with Crippen molar-refractivity contribution in [2.75, 3.05) is 5.32 Å². The van der Waals surface area contributed by atoms with Gasteiger partial charge in [-0.2, -0.15) is 0 Å². The van der Waals surface area contributed by atoms with Crippen molar-refractivity contribution in [1.29, 1.82) is 0 Å². The number of hydrogen-bond donors (Lipinski definition) is 1. The topological polar surface area (TPSA) is 47.0 Å². The third kappa shape index (κ3) is 3.86. The van der Waals surface area contributed by atoms with Crippen LogP contribution in [0.1, 0.15) is 5.56 Å². The molecule has 0 unspecified atom stereocenters. The number of benzene rings is 3. The van der Waals surface area contributed by atoms with Gasteiger partial charge >= 0.3 is 0 Å². The van der Waals surface area contributed by atoms with Crippen LogP contribution in [-0.4, -0.2) is 9.97 Å². The molecule has 0 radical (unpaired) electrons. The quantitative estimate of drug-likeness (QED) is 0.396. The van der Waals surface area contributed by atoms with Gasteiger partial charge in [-0.05, 0) is 48.5 Å². The summed E-state index contributed by atoms with van der Waals surface area (Å²) in [7, 11) is 0. The molecular weight excluding hydrogens is 393 g/mol. The summed E-state index contributed by atoms with van der Waals surface area (Å²) in [5.74, 6) is 4.30. The highest BCUT2D eigenvalue weighted by atomic mass is 35.5. The molecule has 4 aromatic rings. The van der Waals surface area contributed by atoms with E-state index in [1.54, 1.807) is 36.4 Å². The van der Waals surface area contributed by atoms with Gasteiger partial charge in [0.2, 0.25) is 0 Å². The van der Waals surface area contributed by atoms with Crippen molar-refractivity contribution in [2.24, 2.45) is 0 Å². The van der Waals surface area contributed by atoms with Gasteiger partial charge in [0.25, 0.3) is 0 Å². The molecule has 0 saturated carbocycles. The van der Waals surface area contributed by atoms with Crippen molar-refractivity contribution in [3.8, 4) is 23.8 Å². The Morgan fingerprint density at radius 2 is 1.82 bits per heavy atom. The zero-order valence-corrected chi connectivity index (χ0v) is 16.0. The Labute approximate surface area is 172 Å². The number of hydrogen-bond acceptors (Lipinski definition) is 4. The van der Waals surface area contributed by atoms with E-state index in [1.165, 1.54) is 6.33 Å². The van der Waals surface area contributed by atoms with E-state index >= 15 is 0 Å². The maximum atomic E-state index is 6.38. The number of anilines is 2. The van der Waals surface area contributed by atoms with Crippen LogP contribution in [0.5, 0.6) is 11.5 Å². The van der Waals surface area contributed by atoms with Gasteiger partial charge in [0.1, 0.15) is 23.6 Å². The first-order valence-corrected chi connectivity index (χ1v) is 9.09. The van der Waals surface area contributed by atoms with Gasteiger partial charge in [0.05, 0.1) is 10.5 Å². The van der Waals surface area contributed by atoms with Gasteiger partial charge < -0.3 is 10.1 Å². The smallest absolute Gasteiger partial charge is 0.146 e. The van der Waals surface area contributed by atoms with Crippen molar-refractivity contribution in [1.82, 2.24) is 9.97 Å². The molecule has 0 bridgehead atoms. The molecule has 0 aliphatic heterocycles. The van der Waals surface area contributed by atoms with Gasteiger partial charge in [0.15, 0.2) is 0 Å². The van der Waals surface area contributed by atoms with Crippen molar-refractivity contribution < 1.29 is 4.74 Å². The average Bonchev–Trinajstić information content (AvgIpc) is 2.69. The molecule has 3 aromatic carbocycles. The summed E-state index contributed by atoms with van der Waals surface area (Å²) < 4.78 is 5.91. The SMILES string of the molecule is C#Cc1cccc(Nc2ncnc3cc(Cl)c(Oc4cccc(Cl)c4)cc23)c1. The third-order valence-corrected chi connectivity index (χ3v) is 4.54. The maximum absolute atomic E-state index is 6.38. The lowest BCUT2D eigenvalue weighted by atomic mass is 10.2. The third-order valence-electron chi connectivity index (χ3n) is 4.00. The van der Waals surface area contributed by atoms with Gasteiger partial charge in [-0.15, -0.1) is 6.42 Å². The summed E-state index contributed by atoms with van der Waals surface area (Å²) in [6.45, 7) is 0. The lowest BCUT2D eigenvalue weighted by Gasteiger charge is -2.12. The summed E-state index contributed by atoms with van der Waals surface area (Å²) in [5, 5.41) is 5.05. The first kappa shape index (κ1) is 18.1. The van der Waals surface area contributed by atoms with E-state index in [4.69, 9.17) is 34.4 Å². The average molecular weight is 406 g/mol. The van der Waals surface area contributed by atoms with Crippen molar-refractivity contribution >= 4 is 45.6 Å². The second-order valence-corrected chi connectivity index (χ2v) is 6.78. The van der Waals surface area contributed by atoms with Crippen LogP contribution >= 0.6 is 23.2 Å². The number of halogens is 2. The fourth-order valence-corrected chi connectivity index (χ4v) is 3.09. The zero-order chi connectivity index (χ0) is 19.5. The van der Waals surface area contributed by atoms with Crippen LogP contribution in [0.2, 0.25) is 10.0 Å². The van der Waals surface area contributed by atoms with Crippen LogP contribution in [-0.2, 0) is 0 Å². The second-order valence-electron chi connectivity index (χ2n) is 5.93. The van der Waals surface area contributed by atoms with Crippen LogP contribution in [0.15, 0.2) is 67.0 Å². The summed E-state index contributed by atoms with van der Waals surface area (Å²) in [4.78, 5) is 8.65. The molecule has 0 aliphatic rings. The molecule has 1 aromatic heterocycles. The zero-order valence-electron chi connectivity index (χ0n) is 14.5. The maximum Gasteiger partial charge on any atom is 0.146 e. The Kier molecular flexibility index (Phi) is 5.03. The lowest BCUT2D eigenvalue weighted by Crippen LogP contribution is -1.97. The monoisotopic (exact) mass is 405 g/mol. The normalized spacial score (nSPS) is 10.5. The van der Waals surface area contributed by atoms with E-state index in [0.717, 1.165) is 16.6 Å². The van der Waals surface area contributed by atoms with Gasteiger partial charge in [-0.25, -0.2) is 9.97 Å².